The molecule has 6 unspecified atom stereocenters. The van der Waals surface area contributed by atoms with E-state index in [9.17, 15) is 0 Å². The van der Waals surface area contributed by atoms with E-state index in [2.05, 4.69) is 343 Å². The zero-order valence-electron chi connectivity index (χ0n) is 90.9. The number of aryl methyl sites for hydroxylation is 6. The molecule has 22 aromatic rings. The molecule has 22 rings (SSSR count). The Morgan fingerprint density at radius 3 is 0.361 bits per heavy atom. The lowest BCUT2D eigenvalue weighted by atomic mass is 9.69. The van der Waals surface area contributed by atoms with Gasteiger partial charge in [0, 0.05) is 0 Å². The zero-order chi connectivity index (χ0) is 99.3. The van der Waals surface area contributed by atoms with Gasteiger partial charge in [0.05, 0.1) is 0 Å². The molecule has 0 heteroatoms. The third kappa shape index (κ3) is 18.2. The smallest absolute Gasteiger partial charge is 0.0000242 e. The second kappa shape index (κ2) is 41.1. The Labute approximate surface area is 862 Å². The minimum absolute atomic E-state index is 0.688. The molecule has 0 bridgehead atoms. The van der Waals surface area contributed by atoms with Crippen LogP contribution in [-0.4, -0.2) is 0 Å². The van der Waals surface area contributed by atoms with Crippen LogP contribution in [0, 0.1) is 71.0 Å². The molecule has 0 amide bonds. The SMILES string of the molecule is CC(C)CCCC(C)CCc1ccc(-c2c(-c3ccc(CCC(C)CCCC(C)C)cc3)c3ccc4c5ccc6c(-c7ccc(CCC(C)CCCC(C)C)cc7)c(-c7ccc(CCC(C)CCCC(C)C)cc7)c7ccc8c9ccc%10c(-c%11ccc(CCC(C)CCCC(C)C)cc%11)c(-c%11ccc(CCC(C)CCCC(C)C)cc%11)c%11ccc%12c%13ccc2c2c3c4c3c(c%132)c2c%12c%11c%10c9c2c2c8c7c6c5c32)cc1. The summed E-state index contributed by atoms with van der Waals surface area (Å²) in [7, 11) is 0. The molecule has 22 aromatic carbocycles. The third-order valence-corrected chi connectivity index (χ3v) is 36.1. The summed E-state index contributed by atoms with van der Waals surface area (Å²) in [4.78, 5) is 0. The lowest BCUT2D eigenvalue weighted by molar-refractivity contribution is 0.437. The van der Waals surface area contributed by atoms with Crippen molar-refractivity contribution in [2.75, 3.05) is 0 Å². The Balaban J connectivity index is 0.842. The van der Waals surface area contributed by atoms with Crippen molar-refractivity contribution in [3.8, 4) is 66.8 Å². The first kappa shape index (κ1) is 97.8. The molecule has 0 saturated carbocycles. The summed E-state index contributed by atoms with van der Waals surface area (Å²) in [6.07, 6.45) is 37.3. The second-order valence-corrected chi connectivity index (χ2v) is 50.0. The Kier molecular flexibility index (Phi) is 27.9. The topological polar surface area (TPSA) is 0 Å². The fourth-order valence-corrected chi connectivity index (χ4v) is 27.8. The maximum absolute atomic E-state index is 2.65. The standard InChI is InChI=1S/C144H162/c1-85(2)25-19-31-91(13)37-43-97-49-61-103(62-50-97)121-115-79-73-109-111-75-81-117-123(105-65-53-99(54-66-105)45-39-93(15)33-21-27-87(5)6)125(107-69-57-101(58-70-107)47-41-95(17)35-23-29-89(9)10)119-83-77-113-114-78-84-120-126(108-71-59-102(60-72-108)48-42-96(18)36-24-30-90(11)12)124(106-67-55-100(56-68-106)46-40-94(16)34-22-28-88(7)8)118-82-76-112-110-74-80-116(122(121)104-63-51-98(52-64-104)44-38-92(14)32-20-26-86(3)4)134-128(110)140-139(127(109)133(115)134)141-129(111)135(117)137(119)131(113)143(141)144-132(114)138(120)136(118)130(112)142(140)144/h49-96H,19-48H2,1-18H3. The van der Waals surface area contributed by atoms with E-state index in [1.54, 1.807) is 0 Å². The van der Waals surface area contributed by atoms with E-state index in [1.807, 2.05) is 0 Å². The highest BCUT2D eigenvalue weighted by Crippen LogP contribution is 2.67. The molecular weight excluding hydrogens is 1730 g/mol. The molecule has 0 aliphatic carbocycles. The van der Waals surface area contributed by atoms with Crippen LogP contribution in [0.15, 0.2) is 218 Å². The lowest BCUT2D eigenvalue weighted by Gasteiger charge is -2.33. The van der Waals surface area contributed by atoms with Gasteiger partial charge in [0.25, 0.3) is 0 Å². The Morgan fingerprint density at radius 2 is 0.236 bits per heavy atom. The van der Waals surface area contributed by atoms with Crippen LogP contribution in [-0.2, 0) is 38.5 Å². The zero-order valence-corrected chi connectivity index (χ0v) is 90.9. The summed E-state index contributed by atoms with van der Waals surface area (Å²) in [6, 6.07) is 92.5. The number of fused-ring (bicyclic) bond motifs is 3. The van der Waals surface area contributed by atoms with E-state index in [0.717, 1.165) is 74.0 Å². The number of hydrogen-bond donors (Lipinski definition) is 0. The lowest BCUT2D eigenvalue weighted by Crippen LogP contribution is -2.04. The van der Waals surface area contributed by atoms with Crippen molar-refractivity contribution in [3.63, 3.8) is 0 Å². The van der Waals surface area contributed by atoms with Crippen molar-refractivity contribution < 1.29 is 0 Å². The van der Waals surface area contributed by atoms with Crippen molar-refractivity contribution in [3.05, 3.63) is 252 Å². The van der Waals surface area contributed by atoms with Crippen LogP contribution in [0.5, 0.6) is 0 Å². The maximum Gasteiger partial charge on any atom is -0.0000242 e. The van der Waals surface area contributed by atoms with Gasteiger partial charge in [-0.05, 0) is 410 Å². The number of rotatable bonds is 48. The predicted octanol–water partition coefficient (Wildman–Crippen LogP) is 44.3. The quantitative estimate of drug-likeness (QED) is 0.0263. The van der Waals surface area contributed by atoms with Crippen molar-refractivity contribution in [2.45, 2.75) is 317 Å². The Hall–Kier alpha value is -10.9. The first-order chi connectivity index (χ1) is 69.9. The van der Waals surface area contributed by atoms with Crippen molar-refractivity contribution in [1.82, 2.24) is 0 Å². The molecule has 0 fully saturated rings. The van der Waals surface area contributed by atoms with E-state index >= 15 is 0 Å². The van der Waals surface area contributed by atoms with Crippen molar-refractivity contribution >= 4 is 162 Å². The van der Waals surface area contributed by atoms with Gasteiger partial charge in [0.2, 0.25) is 0 Å². The van der Waals surface area contributed by atoms with Gasteiger partial charge >= 0.3 is 0 Å². The predicted molar refractivity (Wildman–Crippen MR) is 639 cm³/mol. The molecule has 0 aromatic heterocycles. The van der Waals surface area contributed by atoms with Gasteiger partial charge in [0.1, 0.15) is 0 Å². The van der Waals surface area contributed by atoms with Crippen molar-refractivity contribution in [1.29, 1.82) is 0 Å². The highest BCUT2D eigenvalue weighted by molar-refractivity contribution is 6.65. The molecule has 0 radical (unpaired) electrons. The third-order valence-electron chi connectivity index (χ3n) is 36.1. The van der Waals surface area contributed by atoms with Gasteiger partial charge in [-0.15, -0.1) is 0 Å². The van der Waals surface area contributed by atoms with E-state index in [4.69, 9.17) is 0 Å². The summed E-state index contributed by atoms with van der Waals surface area (Å²) >= 11 is 0. The Morgan fingerprint density at radius 1 is 0.118 bits per heavy atom. The highest BCUT2D eigenvalue weighted by atomic mass is 14.4. The molecule has 0 aliphatic heterocycles. The molecule has 738 valence electrons. The molecule has 144 heavy (non-hydrogen) atoms. The van der Waals surface area contributed by atoms with Crippen LogP contribution in [0.2, 0.25) is 0 Å². The first-order valence-corrected chi connectivity index (χ1v) is 58.0. The monoisotopic (exact) mass is 1890 g/mol. The molecule has 0 heterocycles. The van der Waals surface area contributed by atoms with Gasteiger partial charge in [-0.2, -0.15) is 0 Å². The van der Waals surface area contributed by atoms with Crippen molar-refractivity contribution in [2.24, 2.45) is 71.0 Å². The molecule has 0 N–H and O–H groups in total. The second-order valence-electron chi connectivity index (χ2n) is 50.0. The van der Waals surface area contributed by atoms with Gasteiger partial charge in [-0.1, -0.05) is 459 Å². The molecule has 0 nitrogen and oxygen atoms in total. The maximum atomic E-state index is 2.65. The van der Waals surface area contributed by atoms with Gasteiger partial charge < -0.3 is 0 Å². The van der Waals surface area contributed by atoms with Crippen LogP contribution in [0.3, 0.4) is 0 Å². The normalized spacial score (nSPS) is 14.2. The minimum atomic E-state index is 0.688. The molecule has 0 spiro atoms. The Bertz CT molecular complexity index is 6830. The molecule has 0 aliphatic rings. The van der Waals surface area contributed by atoms with E-state index in [0.29, 0.717) is 35.5 Å². The number of benzene rings is 22. The fraction of sp³-hybridized carbons (Fsp3) is 0.417. The van der Waals surface area contributed by atoms with Crippen LogP contribution in [0.4, 0.5) is 0 Å². The first-order valence-electron chi connectivity index (χ1n) is 58.0. The highest BCUT2D eigenvalue weighted by Gasteiger charge is 2.38. The van der Waals surface area contributed by atoms with Crippen LogP contribution < -0.4 is 0 Å². The summed E-state index contributed by atoms with van der Waals surface area (Å²) in [5.41, 5.74) is 24.6. The van der Waals surface area contributed by atoms with E-state index < -0.39 is 0 Å². The number of hydrogen-bond acceptors (Lipinski definition) is 0. The van der Waals surface area contributed by atoms with Crippen LogP contribution >= 0.6 is 0 Å². The van der Waals surface area contributed by atoms with E-state index in [1.165, 1.54) is 416 Å². The molecular formula is C144H162. The molecule has 6 atom stereocenters. The largest absolute Gasteiger partial charge is 0.0628 e. The summed E-state index contributed by atoms with van der Waals surface area (Å²) in [5.74, 6) is 8.61. The van der Waals surface area contributed by atoms with Crippen LogP contribution in [0.1, 0.15) is 312 Å². The summed E-state index contributed by atoms with van der Waals surface area (Å²) < 4.78 is 0. The summed E-state index contributed by atoms with van der Waals surface area (Å²) in [5, 5.41) is 42.3. The summed E-state index contributed by atoms with van der Waals surface area (Å²) in [6.45, 7) is 43.6. The molecule has 0 saturated heterocycles. The average molecular weight is 1890 g/mol. The average Bonchev–Trinajstić information content (AvgIpc) is 0.629. The van der Waals surface area contributed by atoms with Gasteiger partial charge in [0.15, 0.2) is 0 Å². The van der Waals surface area contributed by atoms with E-state index in [-0.39, 0.29) is 0 Å². The fourth-order valence-electron chi connectivity index (χ4n) is 27.8. The van der Waals surface area contributed by atoms with Gasteiger partial charge in [-0.25, -0.2) is 0 Å². The van der Waals surface area contributed by atoms with Crippen LogP contribution in [0.25, 0.3) is 228 Å². The van der Waals surface area contributed by atoms with Gasteiger partial charge in [-0.3, -0.25) is 0 Å². The minimum Gasteiger partial charge on any atom is -0.0628 e.